The standard InChI is InChI=1S/C27H33F2N3O3/c1-18(33)21-5-2-6-23(15-21)30-27(34)31-26-24(29)11-13-35-25(26)17-32-12-3-4-20(16-32)14-19-7-9-22(28)10-8-19/h2,5-10,15,20,24-26H,3-4,11-14,16-17H2,1H3,(H2,30,31,34)/t20-,24+,25-,26-/m1/s1. The summed E-state index contributed by atoms with van der Waals surface area (Å²) in [5.74, 6) is 0.100. The second-order valence-electron chi connectivity index (χ2n) is 9.57. The topological polar surface area (TPSA) is 70.7 Å². The number of ether oxygens (including phenoxy) is 1. The number of urea groups is 1. The summed E-state index contributed by atoms with van der Waals surface area (Å²) in [7, 11) is 0. The summed E-state index contributed by atoms with van der Waals surface area (Å²) < 4.78 is 34.0. The van der Waals surface area contributed by atoms with Crippen LogP contribution in [-0.2, 0) is 11.2 Å². The molecule has 2 aromatic rings. The Balaban J connectivity index is 1.34. The first-order valence-electron chi connectivity index (χ1n) is 12.3. The molecule has 0 aliphatic carbocycles. The zero-order valence-electron chi connectivity index (χ0n) is 20.0. The minimum Gasteiger partial charge on any atom is -0.375 e. The molecule has 0 saturated carbocycles. The summed E-state index contributed by atoms with van der Waals surface area (Å²) >= 11 is 0. The lowest BCUT2D eigenvalue weighted by atomic mass is 9.90. The van der Waals surface area contributed by atoms with Gasteiger partial charge in [-0.2, -0.15) is 0 Å². The number of carbonyl (C=O) groups excluding carboxylic acids is 2. The number of halogens is 2. The SMILES string of the molecule is CC(=O)c1cccc(NC(=O)N[C@@H]2[C@@H](F)CCO[C@@H]2CN2CCC[C@H](Cc3ccc(F)cc3)C2)c1. The monoisotopic (exact) mass is 485 g/mol. The number of ketones is 1. The van der Waals surface area contributed by atoms with Crippen LogP contribution in [0, 0.1) is 11.7 Å². The largest absolute Gasteiger partial charge is 0.375 e. The quantitative estimate of drug-likeness (QED) is 0.563. The number of Topliss-reactive ketones (excluding diaryl/α,β-unsaturated/α-hetero) is 1. The summed E-state index contributed by atoms with van der Waals surface area (Å²) in [6.07, 6.45) is 1.56. The van der Waals surface area contributed by atoms with Crippen LogP contribution >= 0.6 is 0 Å². The Kier molecular flexibility index (Phi) is 8.46. The molecule has 2 fully saturated rings. The number of amides is 2. The van der Waals surface area contributed by atoms with Crippen LogP contribution in [0.25, 0.3) is 0 Å². The third-order valence-electron chi connectivity index (χ3n) is 6.82. The maximum atomic E-state index is 14.9. The molecule has 0 aromatic heterocycles. The van der Waals surface area contributed by atoms with Crippen LogP contribution in [0.5, 0.6) is 0 Å². The molecule has 0 radical (unpaired) electrons. The van der Waals surface area contributed by atoms with Crippen LogP contribution in [0.1, 0.15) is 42.1 Å². The van der Waals surface area contributed by atoms with Gasteiger partial charge in [0.05, 0.1) is 12.1 Å². The molecule has 6 nitrogen and oxygen atoms in total. The van der Waals surface area contributed by atoms with E-state index in [4.69, 9.17) is 4.74 Å². The first kappa shape index (κ1) is 25.3. The Morgan fingerprint density at radius 3 is 2.71 bits per heavy atom. The van der Waals surface area contributed by atoms with Crippen molar-refractivity contribution in [1.29, 1.82) is 0 Å². The highest BCUT2D eigenvalue weighted by Crippen LogP contribution is 2.24. The number of nitrogens with zero attached hydrogens (tertiary/aromatic N) is 1. The minimum atomic E-state index is -1.21. The van der Waals surface area contributed by atoms with Gasteiger partial charge in [-0.05, 0) is 68.5 Å². The summed E-state index contributed by atoms with van der Waals surface area (Å²) in [4.78, 5) is 26.5. The number of benzene rings is 2. The van der Waals surface area contributed by atoms with Crippen LogP contribution in [0.2, 0.25) is 0 Å². The van der Waals surface area contributed by atoms with Gasteiger partial charge in [0.2, 0.25) is 0 Å². The van der Waals surface area contributed by atoms with Crippen molar-refractivity contribution in [2.45, 2.75) is 50.9 Å². The fourth-order valence-electron chi connectivity index (χ4n) is 5.02. The molecule has 2 heterocycles. The smallest absolute Gasteiger partial charge is 0.319 e. The van der Waals surface area contributed by atoms with E-state index < -0.39 is 24.3 Å². The second-order valence-corrected chi connectivity index (χ2v) is 9.57. The molecule has 8 heteroatoms. The highest BCUT2D eigenvalue weighted by Gasteiger charge is 2.37. The van der Waals surface area contributed by atoms with Crippen molar-refractivity contribution in [3.05, 3.63) is 65.5 Å². The molecule has 2 aliphatic rings. The zero-order valence-corrected chi connectivity index (χ0v) is 20.0. The number of nitrogens with one attached hydrogen (secondary N) is 2. The molecule has 35 heavy (non-hydrogen) atoms. The van der Waals surface area contributed by atoms with Crippen LogP contribution < -0.4 is 10.6 Å². The summed E-state index contributed by atoms with van der Waals surface area (Å²) in [5, 5.41) is 5.47. The van der Waals surface area contributed by atoms with Crippen LogP contribution in [-0.4, -0.2) is 61.3 Å². The number of hydrogen-bond donors (Lipinski definition) is 2. The van der Waals surface area contributed by atoms with Crippen molar-refractivity contribution in [2.75, 3.05) is 31.6 Å². The van der Waals surface area contributed by atoms with Gasteiger partial charge in [-0.15, -0.1) is 0 Å². The lowest BCUT2D eigenvalue weighted by molar-refractivity contribution is -0.0599. The molecule has 4 atom stereocenters. The van der Waals surface area contributed by atoms with Gasteiger partial charge < -0.3 is 20.3 Å². The van der Waals surface area contributed by atoms with Crippen molar-refractivity contribution in [1.82, 2.24) is 10.2 Å². The number of rotatable bonds is 7. The van der Waals surface area contributed by atoms with Gasteiger partial charge in [0.1, 0.15) is 12.0 Å². The van der Waals surface area contributed by atoms with Crippen molar-refractivity contribution in [2.24, 2.45) is 5.92 Å². The van der Waals surface area contributed by atoms with E-state index in [1.165, 1.54) is 19.1 Å². The van der Waals surface area contributed by atoms with Crippen molar-refractivity contribution in [3.63, 3.8) is 0 Å². The average molecular weight is 486 g/mol. The average Bonchev–Trinajstić information content (AvgIpc) is 2.83. The van der Waals surface area contributed by atoms with E-state index in [1.54, 1.807) is 24.3 Å². The van der Waals surface area contributed by atoms with Gasteiger partial charge in [0.25, 0.3) is 0 Å². The molecule has 188 valence electrons. The summed E-state index contributed by atoms with van der Waals surface area (Å²) in [5.41, 5.74) is 2.07. The molecule has 2 aromatic carbocycles. The molecular weight excluding hydrogens is 452 g/mol. The number of likely N-dealkylation sites (tertiary alicyclic amines) is 1. The Hall–Kier alpha value is -2.84. The van der Waals surface area contributed by atoms with Crippen molar-refractivity contribution >= 4 is 17.5 Å². The van der Waals surface area contributed by atoms with E-state index in [0.29, 0.717) is 30.3 Å². The van der Waals surface area contributed by atoms with E-state index in [-0.39, 0.29) is 18.0 Å². The third-order valence-corrected chi connectivity index (χ3v) is 6.82. The highest BCUT2D eigenvalue weighted by molar-refractivity contribution is 5.96. The molecular formula is C27H33F2N3O3. The van der Waals surface area contributed by atoms with Gasteiger partial charge in [0.15, 0.2) is 5.78 Å². The lowest BCUT2D eigenvalue weighted by Gasteiger charge is -2.40. The van der Waals surface area contributed by atoms with Crippen molar-refractivity contribution < 1.29 is 23.1 Å². The van der Waals surface area contributed by atoms with Gasteiger partial charge >= 0.3 is 6.03 Å². The zero-order chi connectivity index (χ0) is 24.8. The van der Waals surface area contributed by atoms with E-state index in [0.717, 1.165) is 37.9 Å². The fraction of sp³-hybridized carbons (Fsp3) is 0.481. The number of alkyl halides is 1. The van der Waals surface area contributed by atoms with Gasteiger partial charge in [-0.1, -0.05) is 24.3 Å². The number of piperidine rings is 1. The first-order valence-corrected chi connectivity index (χ1v) is 12.3. The number of hydrogen-bond acceptors (Lipinski definition) is 4. The first-order chi connectivity index (χ1) is 16.9. The molecule has 2 N–H and O–H groups in total. The second kappa shape index (κ2) is 11.7. The normalized spacial score (nSPS) is 25.1. The molecule has 2 aliphatic heterocycles. The maximum absolute atomic E-state index is 14.9. The van der Waals surface area contributed by atoms with Gasteiger partial charge in [-0.25, -0.2) is 13.6 Å². The molecule has 2 amide bonds. The fourth-order valence-corrected chi connectivity index (χ4v) is 5.02. The highest BCUT2D eigenvalue weighted by atomic mass is 19.1. The maximum Gasteiger partial charge on any atom is 0.319 e. The summed E-state index contributed by atoms with van der Waals surface area (Å²) in [6, 6.07) is 12.0. The third kappa shape index (κ3) is 7.08. The molecule has 2 saturated heterocycles. The molecule has 0 unspecified atom stereocenters. The molecule has 4 rings (SSSR count). The minimum absolute atomic E-state index is 0.0992. The Morgan fingerprint density at radius 2 is 1.94 bits per heavy atom. The van der Waals surface area contributed by atoms with E-state index in [1.807, 2.05) is 12.1 Å². The Bertz CT molecular complexity index is 1020. The summed E-state index contributed by atoms with van der Waals surface area (Å²) in [6.45, 7) is 4.06. The van der Waals surface area contributed by atoms with E-state index >= 15 is 0 Å². The lowest BCUT2D eigenvalue weighted by Crippen LogP contribution is -2.58. The Morgan fingerprint density at radius 1 is 1.14 bits per heavy atom. The molecule has 0 spiro atoms. The van der Waals surface area contributed by atoms with Crippen LogP contribution in [0.3, 0.4) is 0 Å². The van der Waals surface area contributed by atoms with Crippen LogP contribution in [0.4, 0.5) is 19.3 Å². The molecule has 0 bridgehead atoms. The van der Waals surface area contributed by atoms with Crippen molar-refractivity contribution in [3.8, 4) is 0 Å². The number of anilines is 1. The van der Waals surface area contributed by atoms with Crippen LogP contribution in [0.15, 0.2) is 48.5 Å². The van der Waals surface area contributed by atoms with Gasteiger partial charge in [-0.3, -0.25) is 4.79 Å². The van der Waals surface area contributed by atoms with E-state index in [2.05, 4.69) is 15.5 Å². The predicted molar refractivity (Wildman–Crippen MR) is 131 cm³/mol. The van der Waals surface area contributed by atoms with Gasteiger partial charge in [0, 0.05) is 37.4 Å². The predicted octanol–water partition coefficient (Wildman–Crippen LogP) is 4.60. The van der Waals surface area contributed by atoms with E-state index in [9.17, 15) is 18.4 Å². The number of carbonyl (C=O) groups is 2. The Labute approximate surface area is 205 Å².